The molecule has 0 aliphatic heterocycles. The van der Waals surface area contributed by atoms with Crippen LogP contribution in [0.4, 0.5) is 0 Å². The van der Waals surface area contributed by atoms with Crippen LogP contribution in [0, 0.1) is 7.14 Å². The first-order chi connectivity index (χ1) is 17.4. The zero-order valence-corrected chi connectivity index (χ0v) is 27.8. The lowest BCUT2D eigenvalue weighted by Crippen LogP contribution is -2.12. The standard InChI is InChI=1S/C24H11Br3I2O7S/c25-11-7-16(26)21(17(27)8-11)24(31)36-20-6-2-3-13-14(20)4-1-5-15(13)23(30)35-12-9-18(28)22(19(29)10-12)37(32,33)34/h1-10H,(H,32,33,34)/p-1. The summed E-state index contributed by atoms with van der Waals surface area (Å²) in [5.74, 6) is -0.996. The Morgan fingerprint density at radius 3 is 1.95 bits per heavy atom. The summed E-state index contributed by atoms with van der Waals surface area (Å²) in [5.41, 5.74) is 0.496. The Kier molecular flexibility index (Phi) is 9.02. The van der Waals surface area contributed by atoms with Crippen molar-refractivity contribution in [3.05, 3.63) is 92.3 Å². The van der Waals surface area contributed by atoms with Gasteiger partial charge in [-0.15, -0.1) is 0 Å². The molecule has 0 radical (unpaired) electrons. The van der Waals surface area contributed by atoms with E-state index in [9.17, 15) is 22.6 Å². The van der Waals surface area contributed by atoms with Crippen molar-refractivity contribution in [2.24, 2.45) is 0 Å². The maximum Gasteiger partial charge on any atom is 0.345 e. The Morgan fingerprint density at radius 2 is 1.35 bits per heavy atom. The third-order valence-electron chi connectivity index (χ3n) is 4.95. The summed E-state index contributed by atoms with van der Waals surface area (Å²) in [7, 11) is -4.69. The van der Waals surface area contributed by atoms with Crippen LogP contribution in [0.3, 0.4) is 0 Å². The molecule has 4 aromatic carbocycles. The molecule has 4 aromatic rings. The highest BCUT2D eigenvalue weighted by Crippen LogP contribution is 2.34. The lowest BCUT2D eigenvalue weighted by Gasteiger charge is -2.14. The van der Waals surface area contributed by atoms with Crippen LogP contribution in [0.25, 0.3) is 10.8 Å². The number of hydrogen-bond donors (Lipinski definition) is 0. The van der Waals surface area contributed by atoms with Crippen molar-refractivity contribution in [3.8, 4) is 11.5 Å². The molecule has 0 N–H and O–H groups in total. The van der Waals surface area contributed by atoms with Crippen LogP contribution in [0.15, 0.2) is 79.0 Å². The Morgan fingerprint density at radius 1 is 0.784 bits per heavy atom. The molecule has 0 saturated heterocycles. The summed E-state index contributed by atoms with van der Waals surface area (Å²) in [5, 5.41) is 0.988. The van der Waals surface area contributed by atoms with E-state index in [1.165, 1.54) is 12.1 Å². The molecule has 7 nitrogen and oxygen atoms in total. The topological polar surface area (TPSA) is 110 Å². The van der Waals surface area contributed by atoms with Crippen molar-refractivity contribution in [2.45, 2.75) is 4.90 Å². The van der Waals surface area contributed by atoms with E-state index in [1.54, 1.807) is 93.7 Å². The second-order valence-electron chi connectivity index (χ2n) is 7.35. The molecule has 0 unspecified atom stereocenters. The number of hydrogen-bond acceptors (Lipinski definition) is 7. The van der Waals surface area contributed by atoms with Gasteiger partial charge in [-0.1, -0.05) is 40.2 Å². The number of ether oxygens (including phenoxy) is 2. The number of benzene rings is 4. The Hall–Kier alpha value is -1.11. The summed E-state index contributed by atoms with van der Waals surface area (Å²) in [6, 6.07) is 15.9. The molecule has 0 bridgehead atoms. The van der Waals surface area contributed by atoms with Gasteiger partial charge in [-0.3, -0.25) is 0 Å². The fraction of sp³-hybridized carbons (Fsp3) is 0. The SMILES string of the molecule is O=C(Oc1cccc2c(C(=O)Oc3cc(I)c(S(=O)(=O)[O-])c(I)c3)cccc12)c1c(Br)cc(Br)cc1Br. The van der Waals surface area contributed by atoms with Gasteiger partial charge < -0.3 is 14.0 Å². The zero-order valence-electron chi connectivity index (χ0n) is 17.9. The Labute approximate surface area is 263 Å². The third-order valence-corrected chi connectivity index (χ3v) is 10.0. The summed E-state index contributed by atoms with van der Waals surface area (Å²) in [6.45, 7) is 0. The fourth-order valence-electron chi connectivity index (χ4n) is 3.43. The van der Waals surface area contributed by atoms with E-state index in [2.05, 4.69) is 47.8 Å². The van der Waals surface area contributed by atoms with Crippen molar-refractivity contribution < 1.29 is 32.0 Å². The van der Waals surface area contributed by atoms with Gasteiger partial charge in [0.25, 0.3) is 0 Å². The molecule has 37 heavy (non-hydrogen) atoms. The van der Waals surface area contributed by atoms with Crippen molar-refractivity contribution in [1.82, 2.24) is 0 Å². The van der Waals surface area contributed by atoms with Crippen molar-refractivity contribution >= 4 is 126 Å². The minimum Gasteiger partial charge on any atom is -0.744 e. The number of halogens is 5. The first kappa shape index (κ1) is 28.9. The second kappa shape index (κ2) is 11.6. The molecule has 0 aliphatic carbocycles. The molecule has 0 heterocycles. The van der Waals surface area contributed by atoms with E-state index in [0.717, 1.165) is 4.47 Å². The largest absolute Gasteiger partial charge is 0.744 e. The molecule has 0 aliphatic rings. The molecule has 190 valence electrons. The number of esters is 2. The second-order valence-corrected chi connectivity index (χ2v) is 13.6. The molecule has 0 atom stereocenters. The molecule has 0 aromatic heterocycles. The van der Waals surface area contributed by atoms with E-state index in [-0.39, 0.29) is 29.1 Å². The molecule has 13 heteroatoms. The van der Waals surface area contributed by atoms with Crippen LogP contribution in [0.2, 0.25) is 0 Å². The molecule has 0 spiro atoms. The lowest BCUT2D eigenvalue weighted by molar-refractivity contribution is 0.0728. The van der Waals surface area contributed by atoms with Crippen molar-refractivity contribution in [2.75, 3.05) is 0 Å². The Balaban J connectivity index is 1.67. The normalized spacial score (nSPS) is 11.4. The summed E-state index contributed by atoms with van der Waals surface area (Å²) in [6.07, 6.45) is 0. The van der Waals surface area contributed by atoms with E-state index in [0.29, 0.717) is 25.3 Å². The molecule has 0 saturated carbocycles. The molecule has 0 amide bonds. The van der Waals surface area contributed by atoms with Gasteiger partial charge in [0.1, 0.15) is 21.6 Å². The van der Waals surface area contributed by atoms with Gasteiger partial charge in [0.15, 0.2) is 0 Å². The van der Waals surface area contributed by atoms with Gasteiger partial charge in [0.2, 0.25) is 0 Å². The van der Waals surface area contributed by atoms with Crippen LogP contribution in [0.1, 0.15) is 20.7 Å². The van der Waals surface area contributed by atoms with Crippen molar-refractivity contribution in [3.63, 3.8) is 0 Å². The average molecular weight is 936 g/mol. The van der Waals surface area contributed by atoms with E-state index < -0.39 is 22.1 Å². The highest BCUT2D eigenvalue weighted by atomic mass is 127. The van der Waals surface area contributed by atoms with Gasteiger partial charge in [-0.05, 0) is 119 Å². The predicted molar refractivity (Wildman–Crippen MR) is 163 cm³/mol. The van der Waals surface area contributed by atoms with Gasteiger partial charge in [0, 0.05) is 25.9 Å². The summed E-state index contributed by atoms with van der Waals surface area (Å²) < 4.78 is 47.8. The van der Waals surface area contributed by atoms with Gasteiger partial charge in [-0.25, -0.2) is 18.0 Å². The molecular weight excluding hydrogens is 926 g/mol. The highest BCUT2D eigenvalue weighted by Gasteiger charge is 2.21. The van der Waals surface area contributed by atoms with Crippen LogP contribution in [-0.2, 0) is 10.1 Å². The average Bonchev–Trinajstić information content (AvgIpc) is 2.76. The minimum atomic E-state index is -4.69. The highest BCUT2D eigenvalue weighted by molar-refractivity contribution is 14.1. The first-order valence-corrected chi connectivity index (χ1v) is 15.9. The zero-order chi connectivity index (χ0) is 27.1. The van der Waals surface area contributed by atoms with E-state index >= 15 is 0 Å². The fourth-order valence-corrected chi connectivity index (χ4v) is 9.94. The maximum absolute atomic E-state index is 13.1. The van der Waals surface area contributed by atoms with Gasteiger partial charge >= 0.3 is 11.9 Å². The smallest absolute Gasteiger partial charge is 0.345 e. The quantitative estimate of drug-likeness (QED) is 0.0875. The number of carbonyl (C=O) groups is 2. The monoisotopic (exact) mass is 933 g/mol. The van der Waals surface area contributed by atoms with E-state index in [1.807, 2.05) is 0 Å². The Bertz CT molecular complexity index is 1660. The van der Waals surface area contributed by atoms with Crippen LogP contribution >= 0.6 is 93.0 Å². The molecule has 0 fully saturated rings. The number of rotatable bonds is 5. The summed E-state index contributed by atoms with van der Waals surface area (Å²) >= 11 is 13.5. The molecular formula is C24H10Br3I2O7S-. The molecule has 4 rings (SSSR count). The van der Waals surface area contributed by atoms with Crippen LogP contribution < -0.4 is 9.47 Å². The van der Waals surface area contributed by atoms with Crippen molar-refractivity contribution in [1.29, 1.82) is 0 Å². The number of fused-ring (bicyclic) bond motifs is 1. The minimum absolute atomic E-state index is 0.0794. The van der Waals surface area contributed by atoms with Gasteiger partial charge in [0.05, 0.1) is 16.0 Å². The van der Waals surface area contributed by atoms with E-state index in [4.69, 9.17) is 9.47 Å². The first-order valence-electron chi connectivity index (χ1n) is 9.92. The third kappa shape index (κ3) is 6.38. The van der Waals surface area contributed by atoms with Gasteiger partial charge in [-0.2, -0.15) is 0 Å². The van der Waals surface area contributed by atoms with Crippen LogP contribution in [0.5, 0.6) is 11.5 Å². The number of carbonyl (C=O) groups excluding carboxylic acids is 2. The lowest BCUT2D eigenvalue weighted by atomic mass is 10.0. The maximum atomic E-state index is 13.1. The summed E-state index contributed by atoms with van der Waals surface area (Å²) in [4.78, 5) is 25.7. The van der Waals surface area contributed by atoms with Crippen LogP contribution in [-0.4, -0.2) is 24.9 Å². The predicted octanol–water partition coefficient (Wildman–Crippen LogP) is 7.68.